The Balaban J connectivity index is 1.55. The van der Waals surface area contributed by atoms with Gasteiger partial charge in [-0.2, -0.15) is 0 Å². The molecule has 0 bridgehead atoms. The van der Waals surface area contributed by atoms with Crippen molar-refractivity contribution in [3.05, 3.63) is 134 Å². The highest BCUT2D eigenvalue weighted by Crippen LogP contribution is 2.32. The van der Waals surface area contributed by atoms with Crippen molar-refractivity contribution in [3.63, 3.8) is 0 Å². The molecular weight excluding hydrogens is 524 g/mol. The summed E-state index contributed by atoms with van der Waals surface area (Å²) in [6.45, 7) is 0. The molecule has 5 aromatic rings. The van der Waals surface area contributed by atoms with Crippen LogP contribution < -0.4 is 5.56 Å². The number of nitrogens with zero attached hydrogens (tertiary/aromatic N) is 4. The van der Waals surface area contributed by atoms with Crippen LogP contribution in [0.25, 0.3) is 22.6 Å². The van der Waals surface area contributed by atoms with Crippen LogP contribution in [-0.2, 0) is 6.42 Å². The Morgan fingerprint density at radius 1 is 1.00 bits per heavy atom. The molecule has 0 spiro atoms. The summed E-state index contributed by atoms with van der Waals surface area (Å²) < 4.78 is 7.39. The maximum Gasteiger partial charge on any atom is 0.335 e. The third-order valence-corrected chi connectivity index (χ3v) is 6.36. The van der Waals surface area contributed by atoms with Crippen LogP contribution in [0.4, 0.5) is 5.69 Å². The van der Waals surface area contributed by atoms with Crippen molar-refractivity contribution in [3.8, 4) is 22.6 Å². The van der Waals surface area contributed by atoms with Crippen molar-refractivity contribution < 1.29 is 19.2 Å². The van der Waals surface area contributed by atoms with Gasteiger partial charge >= 0.3 is 5.97 Å². The number of hydrogen-bond acceptors (Lipinski definition) is 7. The minimum atomic E-state index is -1.05. The van der Waals surface area contributed by atoms with Crippen LogP contribution in [0.3, 0.4) is 0 Å². The van der Waals surface area contributed by atoms with Crippen molar-refractivity contribution in [2.75, 3.05) is 0 Å². The Morgan fingerprint density at radius 2 is 1.74 bits per heavy atom. The number of aromatic carboxylic acids is 1. The van der Waals surface area contributed by atoms with E-state index >= 15 is 0 Å². The number of rotatable bonds is 8. The zero-order chi connectivity index (χ0) is 27.5. The van der Waals surface area contributed by atoms with E-state index in [0.29, 0.717) is 22.6 Å². The fourth-order valence-electron chi connectivity index (χ4n) is 4.20. The van der Waals surface area contributed by atoms with Gasteiger partial charge in [0.15, 0.2) is 0 Å². The lowest BCUT2D eigenvalue weighted by molar-refractivity contribution is -0.384. The van der Waals surface area contributed by atoms with E-state index in [4.69, 9.17) is 21.1 Å². The first-order valence-corrected chi connectivity index (χ1v) is 12.1. The van der Waals surface area contributed by atoms with Crippen LogP contribution in [-0.4, -0.2) is 30.8 Å². The number of benzene rings is 3. The molecule has 0 amide bonds. The van der Waals surface area contributed by atoms with Gasteiger partial charge in [0.1, 0.15) is 6.04 Å². The summed E-state index contributed by atoms with van der Waals surface area (Å²) in [6, 6.07) is 21.8. The first kappa shape index (κ1) is 25.6. The van der Waals surface area contributed by atoms with E-state index in [-0.39, 0.29) is 28.6 Å². The molecule has 1 unspecified atom stereocenters. The zero-order valence-corrected chi connectivity index (χ0v) is 20.9. The van der Waals surface area contributed by atoms with E-state index in [1.807, 2.05) is 30.3 Å². The first-order valence-electron chi connectivity index (χ1n) is 11.7. The third kappa shape index (κ3) is 5.46. The lowest BCUT2D eigenvalue weighted by Crippen LogP contribution is -2.26. The predicted molar refractivity (Wildman–Crippen MR) is 143 cm³/mol. The Kier molecular flexibility index (Phi) is 7.02. The lowest BCUT2D eigenvalue weighted by Gasteiger charge is -2.17. The SMILES string of the molecule is O=C(O)c1ccc(-c2nnc(C(Cc3ccccc3)n3ccc(-c4cc(Cl)ccc4[N+](=O)[O-])cc3=O)o2)cc1. The summed E-state index contributed by atoms with van der Waals surface area (Å²) in [5.41, 5.74) is 1.51. The smallest absolute Gasteiger partial charge is 0.335 e. The quantitative estimate of drug-likeness (QED) is 0.195. The number of nitro groups is 1. The van der Waals surface area contributed by atoms with Crippen LogP contribution in [0.5, 0.6) is 0 Å². The summed E-state index contributed by atoms with van der Waals surface area (Å²) in [5.74, 6) is -0.722. The molecule has 2 aromatic heterocycles. The molecule has 1 N–H and O–H groups in total. The normalized spacial score (nSPS) is 11.7. The Bertz CT molecular complexity index is 1730. The standard InChI is InChI=1S/C28H19ClN4O6/c29-21-10-11-23(33(37)38)22(16-21)20-12-13-32(25(34)15-20)24(14-17-4-2-1-3-5-17)27-31-30-26(39-27)18-6-8-19(9-7-18)28(35)36/h1-13,15-16,24H,14H2,(H,35,36). The van der Waals surface area contributed by atoms with E-state index in [1.165, 1.54) is 47.2 Å². The fraction of sp³-hybridized carbons (Fsp3) is 0.0714. The highest BCUT2D eigenvalue weighted by Gasteiger charge is 2.24. The summed E-state index contributed by atoms with van der Waals surface area (Å²) in [7, 11) is 0. The number of carbonyl (C=O) groups is 1. The van der Waals surface area contributed by atoms with E-state index in [2.05, 4.69) is 10.2 Å². The van der Waals surface area contributed by atoms with Gasteiger partial charge in [-0.1, -0.05) is 41.9 Å². The zero-order valence-electron chi connectivity index (χ0n) is 20.1. The largest absolute Gasteiger partial charge is 0.478 e. The molecule has 0 fully saturated rings. The number of aromatic nitrogens is 3. The molecule has 0 radical (unpaired) electrons. The Hall–Kier alpha value is -5.09. The number of carboxylic acid groups (broad SMARTS) is 1. The van der Waals surface area contributed by atoms with Gasteiger partial charge in [-0.15, -0.1) is 10.2 Å². The first-order chi connectivity index (χ1) is 18.8. The molecule has 10 nitrogen and oxygen atoms in total. The van der Waals surface area contributed by atoms with Gasteiger partial charge in [-0.05, 0) is 53.6 Å². The van der Waals surface area contributed by atoms with Crippen LogP contribution in [0.2, 0.25) is 5.02 Å². The molecule has 3 aromatic carbocycles. The maximum atomic E-state index is 13.4. The second-order valence-corrected chi connectivity index (χ2v) is 9.05. The van der Waals surface area contributed by atoms with E-state index in [1.54, 1.807) is 18.2 Å². The van der Waals surface area contributed by atoms with E-state index < -0.39 is 22.5 Å². The molecule has 0 aliphatic rings. The molecule has 1 atom stereocenters. The minimum Gasteiger partial charge on any atom is -0.478 e. The number of hydrogen-bond donors (Lipinski definition) is 1. The Labute approximate surface area is 225 Å². The highest BCUT2D eigenvalue weighted by molar-refractivity contribution is 6.31. The molecule has 39 heavy (non-hydrogen) atoms. The van der Waals surface area contributed by atoms with Crippen molar-refractivity contribution in [2.45, 2.75) is 12.5 Å². The second kappa shape index (κ2) is 10.7. The van der Waals surface area contributed by atoms with Crippen LogP contribution >= 0.6 is 11.6 Å². The number of nitro benzene ring substituents is 1. The highest BCUT2D eigenvalue weighted by atomic mass is 35.5. The second-order valence-electron chi connectivity index (χ2n) is 8.61. The molecule has 0 aliphatic heterocycles. The Morgan fingerprint density at radius 3 is 2.41 bits per heavy atom. The fourth-order valence-corrected chi connectivity index (χ4v) is 4.37. The monoisotopic (exact) mass is 542 g/mol. The molecule has 11 heteroatoms. The summed E-state index contributed by atoms with van der Waals surface area (Å²) in [6.07, 6.45) is 1.87. The van der Waals surface area contributed by atoms with Crippen LogP contribution in [0.15, 0.2) is 100 Å². The van der Waals surface area contributed by atoms with Gasteiger partial charge in [0.25, 0.3) is 11.2 Å². The summed E-state index contributed by atoms with van der Waals surface area (Å²) in [4.78, 5) is 35.6. The van der Waals surface area contributed by atoms with Gasteiger partial charge in [0.2, 0.25) is 11.8 Å². The third-order valence-electron chi connectivity index (χ3n) is 6.13. The van der Waals surface area contributed by atoms with Crippen molar-refractivity contribution in [1.29, 1.82) is 0 Å². The van der Waals surface area contributed by atoms with Gasteiger partial charge in [-0.25, -0.2) is 4.79 Å². The summed E-state index contributed by atoms with van der Waals surface area (Å²) in [5, 5.41) is 29.3. The lowest BCUT2D eigenvalue weighted by atomic mass is 10.0. The number of carboxylic acids is 1. The maximum absolute atomic E-state index is 13.4. The number of pyridine rings is 1. The number of halogens is 1. The average Bonchev–Trinajstić information content (AvgIpc) is 3.42. The minimum absolute atomic E-state index is 0.118. The van der Waals surface area contributed by atoms with Crippen molar-refractivity contribution in [2.24, 2.45) is 0 Å². The predicted octanol–water partition coefficient (Wildman–Crippen LogP) is 5.66. The summed E-state index contributed by atoms with van der Waals surface area (Å²) >= 11 is 6.08. The topological polar surface area (TPSA) is 141 Å². The van der Waals surface area contributed by atoms with Crippen LogP contribution in [0.1, 0.15) is 27.9 Å². The average molecular weight is 543 g/mol. The van der Waals surface area contributed by atoms with Crippen molar-refractivity contribution in [1.82, 2.24) is 14.8 Å². The molecule has 0 saturated heterocycles. The molecule has 0 saturated carbocycles. The molecular formula is C28H19ClN4O6. The molecule has 2 heterocycles. The molecule has 5 rings (SSSR count). The van der Waals surface area contributed by atoms with Gasteiger partial charge in [-0.3, -0.25) is 14.9 Å². The van der Waals surface area contributed by atoms with Gasteiger partial charge in [0.05, 0.1) is 16.1 Å². The van der Waals surface area contributed by atoms with Gasteiger partial charge < -0.3 is 14.1 Å². The van der Waals surface area contributed by atoms with E-state index in [9.17, 15) is 19.7 Å². The van der Waals surface area contributed by atoms with Gasteiger partial charge in [0, 0.05) is 35.3 Å². The molecule has 194 valence electrons. The van der Waals surface area contributed by atoms with E-state index in [0.717, 1.165) is 5.56 Å². The van der Waals surface area contributed by atoms with Crippen molar-refractivity contribution >= 4 is 23.3 Å². The molecule has 0 aliphatic carbocycles. The van der Waals surface area contributed by atoms with Crippen LogP contribution in [0, 0.1) is 10.1 Å².